The number of amides is 1. The van der Waals surface area contributed by atoms with E-state index >= 15 is 0 Å². The first-order valence-electron chi connectivity index (χ1n) is 8.13. The number of nitrogens with one attached hydrogen (secondary N) is 1. The molecule has 0 aromatic heterocycles. The molecular weight excluding hydrogens is 262 g/mol. The van der Waals surface area contributed by atoms with Crippen LogP contribution in [0.3, 0.4) is 0 Å². The molecule has 1 aliphatic carbocycles. The number of carbonyl (C=O) groups excluding carboxylic acids is 1. The van der Waals surface area contributed by atoms with Crippen LogP contribution in [-0.4, -0.2) is 25.0 Å². The van der Waals surface area contributed by atoms with Crippen molar-refractivity contribution in [2.45, 2.75) is 44.6 Å². The molecule has 3 N–H and O–H groups in total. The maximum atomic E-state index is 12.3. The minimum atomic E-state index is 0.101. The van der Waals surface area contributed by atoms with E-state index in [2.05, 4.69) is 16.3 Å². The van der Waals surface area contributed by atoms with Gasteiger partial charge in [-0.3, -0.25) is 4.79 Å². The monoisotopic (exact) mass is 287 g/mol. The predicted molar refractivity (Wildman–Crippen MR) is 86.5 cm³/mol. The number of carbonyl (C=O) groups is 1. The van der Waals surface area contributed by atoms with Gasteiger partial charge in [0, 0.05) is 25.6 Å². The third-order valence-corrected chi connectivity index (χ3v) is 4.79. The molecule has 0 bridgehead atoms. The molecule has 1 saturated carbocycles. The van der Waals surface area contributed by atoms with E-state index in [0.29, 0.717) is 12.3 Å². The van der Waals surface area contributed by atoms with Crippen LogP contribution < -0.4 is 16.0 Å². The van der Waals surface area contributed by atoms with E-state index in [9.17, 15) is 4.79 Å². The summed E-state index contributed by atoms with van der Waals surface area (Å²) in [7, 11) is 0. The van der Waals surface area contributed by atoms with E-state index in [1.54, 1.807) is 0 Å². The number of hydrogen-bond donors (Lipinski definition) is 2. The summed E-state index contributed by atoms with van der Waals surface area (Å²) in [5.41, 5.74) is 8.15. The van der Waals surface area contributed by atoms with Gasteiger partial charge in [0.25, 0.3) is 0 Å². The van der Waals surface area contributed by atoms with Crippen LogP contribution in [0.5, 0.6) is 0 Å². The molecule has 4 nitrogen and oxygen atoms in total. The maximum Gasteiger partial charge on any atom is 0.224 e. The minimum Gasteiger partial charge on any atom is -0.370 e. The normalized spacial score (nSPS) is 25.3. The lowest BCUT2D eigenvalue weighted by atomic mass is 10.00. The molecule has 1 aliphatic heterocycles. The number of rotatable bonds is 4. The topological polar surface area (TPSA) is 58.4 Å². The van der Waals surface area contributed by atoms with Crippen molar-refractivity contribution in [1.82, 2.24) is 0 Å². The van der Waals surface area contributed by atoms with Gasteiger partial charge in [-0.25, -0.2) is 0 Å². The van der Waals surface area contributed by atoms with Gasteiger partial charge in [-0.1, -0.05) is 18.6 Å². The van der Waals surface area contributed by atoms with Gasteiger partial charge in [0.15, 0.2) is 0 Å². The summed E-state index contributed by atoms with van der Waals surface area (Å²) in [6, 6.07) is 8.32. The van der Waals surface area contributed by atoms with Crippen molar-refractivity contribution in [3.05, 3.63) is 24.3 Å². The maximum absolute atomic E-state index is 12.3. The van der Waals surface area contributed by atoms with Crippen LogP contribution in [-0.2, 0) is 4.79 Å². The largest absolute Gasteiger partial charge is 0.370 e. The first-order valence-corrected chi connectivity index (χ1v) is 8.13. The Morgan fingerprint density at radius 2 is 1.95 bits per heavy atom. The Bertz CT molecular complexity index is 497. The van der Waals surface area contributed by atoms with Crippen molar-refractivity contribution in [2.24, 2.45) is 11.7 Å². The second-order valence-corrected chi connectivity index (χ2v) is 6.32. The van der Waals surface area contributed by atoms with Crippen molar-refractivity contribution >= 4 is 17.3 Å². The Morgan fingerprint density at radius 3 is 2.67 bits per heavy atom. The molecule has 2 aliphatic rings. The standard InChI is InChI=1S/C17H25N3O/c18-14-7-5-6-13(14)12-17(21)19-15-8-1-2-9-16(15)20-10-3-4-11-20/h1-2,8-9,13-14H,3-7,10-12,18H2,(H,19,21)/t13-,14+/m0/s1. The van der Waals surface area contributed by atoms with E-state index < -0.39 is 0 Å². The molecule has 1 saturated heterocycles. The highest BCUT2D eigenvalue weighted by molar-refractivity contribution is 5.94. The van der Waals surface area contributed by atoms with Crippen molar-refractivity contribution < 1.29 is 4.79 Å². The average molecular weight is 287 g/mol. The molecular formula is C17H25N3O. The summed E-state index contributed by atoms with van der Waals surface area (Å²) in [6.07, 6.45) is 6.32. The van der Waals surface area contributed by atoms with Crippen molar-refractivity contribution in [3.63, 3.8) is 0 Å². The summed E-state index contributed by atoms with van der Waals surface area (Å²) in [4.78, 5) is 14.7. The molecule has 1 heterocycles. The van der Waals surface area contributed by atoms with Crippen molar-refractivity contribution in [1.29, 1.82) is 0 Å². The minimum absolute atomic E-state index is 0.101. The van der Waals surface area contributed by atoms with E-state index in [1.165, 1.54) is 12.8 Å². The first kappa shape index (κ1) is 14.4. The second-order valence-electron chi connectivity index (χ2n) is 6.32. The molecule has 21 heavy (non-hydrogen) atoms. The SMILES string of the molecule is N[C@@H]1CCC[C@H]1CC(=O)Nc1ccccc1N1CCCC1. The van der Waals surface area contributed by atoms with Crippen LogP contribution in [0, 0.1) is 5.92 Å². The summed E-state index contributed by atoms with van der Waals surface area (Å²) < 4.78 is 0. The second kappa shape index (κ2) is 6.48. The third kappa shape index (κ3) is 3.38. The van der Waals surface area contributed by atoms with Gasteiger partial charge < -0.3 is 16.0 Å². The average Bonchev–Trinajstić information content (AvgIpc) is 3.12. The van der Waals surface area contributed by atoms with Crippen LogP contribution in [0.25, 0.3) is 0 Å². The van der Waals surface area contributed by atoms with Crippen molar-refractivity contribution in [2.75, 3.05) is 23.3 Å². The van der Waals surface area contributed by atoms with Gasteiger partial charge in [0.05, 0.1) is 11.4 Å². The molecule has 4 heteroatoms. The Kier molecular flexibility index (Phi) is 4.44. The number of nitrogens with zero attached hydrogens (tertiary/aromatic N) is 1. The summed E-state index contributed by atoms with van der Waals surface area (Å²) >= 11 is 0. The smallest absolute Gasteiger partial charge is 0.224 e. The Balaban J connectivity index is 1.65. The molecule has 2 fully saturated rings. The van der Waals surface area contributed by atoms with Gasteiger partial charge in [-0.05, 0) is 43.7 Å². The lowest BCUT2D eigenvalue weighted by Crippen LogP contribution is -2.28. The highest BCUT2D eigenvalue weighted by Gasteiger charge is 2.26. The first-order chi connectivity index (χ1) is 10.2. The Labute approximate surface area is 126 Å². The molecule has 1 aromatic rings. The number of anilines is 2. The number of nitrogens with two attached hydrogens (primary N) is 1. The van der Waals surface area contributed by atoms with Crippen LogP contribution in [0.4, 0.5) is 11.4 Å². The molecule has 1 amide bonds. The fourth-order valence-electron chi connectivity index (χ4n) is 3.57. The Morgan fingerprint density at radius 1 is 1.19 bits per heavy atom. The van der Waals surface area contributed by atoms with E-state index in [4.69, 9.17) is 5.73 Å². The van der Waals surface area contributed by atoms with Crippen LogP contribution >= 0.6 is 0 Å². The van der Waals surface area contributed by atoms with Crippen LogP contribution in [0.1, 0.15) is 38.5 Å². The molecule has 0 radical (unpaired) electrons. The zero-order valence-corrected chi connectivity index (χ0v) is 12.6. The number of hydrogen-bond acceptors (Lipinski definition) is 3. The van der Waals surface area contributed by atoms with E-state index in [1.807, 2.05) is 18.2 Å². The lowest BCUT2D eigenvalue weighted by Gasteiger charge is -2.22. The number of benzene rings is 1. The van der Waals surface area contributed by atoms with Gasteiger partial charge in [-0.2, -0.15) is 0 Å². The van der Waals surface area contributed by atoms with Crippen molar-refractivity contribution in [3.8, 4) is 0 Å². The van der Waals surface area contributed by atoms with Gasteiger partial charge in [-0.15, -0.1) is 0 Å². The van der Waals surface area contributed by atoms with Crippen LogP contribution in [0.15, 0.2) is 24.3 Å². The molecule has 2 atom stereocenters. The molecule has 1 aromatic carbocycles. The van der Waals surface area contributed by atoms with Crippen LogP contribution in [0.2, 0.25) is 0 Å². The number of para-hydroxylation sites is 2. The fraction of sp³-hybridized carbons (Fsp3) is 0.588. The van der Waals surface area contributed by atoms with Gasteiger partial charge >= 0.3 is 0 Å². The molecule has 3 rings (SSSR count). The Hall–Kier alpha value is -1.55. The molecule has 0 unspecified atom stereocenters. The molecule has 0 spiro atoms. The third-order valence-electron chi connectivity index (χ3n) is 4.79. The van der Waals surface area contributed by atoms with Gasteiger partial charge in [0.2, 0.25) is 5.91 Å². The van der Waals surface area contributed by atoms with E-state index in [0.717, 1.165) is 43.7 Å². The summed E-state index contributed by atoms with van der Waals surface area (Å²) in [5, 5.41) is 3.10. The highest BCUT2D eigenvalue weighted by atomic mass is 16.1. The zero-order chi connectivity index (χ0) is 14.7. The van der Waals surface area contributed by atoms with E-state index in [-0.39, 0.29) is 11.9 Å². The summed E-state index contributed by atoms with van der Waals surface area (Å²) in [6.45, 7) is 2.17. The zero-order valence-electron chi connectivity index (χ0n) is 12.6. The quantitative estimate of drug-likeness (QED) is 0.895. The van der Waals surface area contributed by atoms with Gasteiger partial charge in [0.1, 0.15) is 0 Å². The molecule has 114 valence electrons. The predicted octanol–water partition coefficient (Wildman–Crippen LogP) is 2.74. The lowest BCUT2D eigenvalue weighted by molar-refractivity contribution is -0.117. The fourth-order valence-corrected chi connectivity index (χ4v) is 3.57. The summed E-state index contributed by atoms with van der Waals surface area (Å²) in [5.74, 6) is 0.452. The highest BCUT2D eigenvalue weighted by Crippen LogP contribution is 2.30.